The molecule has 1 rings (SSSR count). The Morgan fingerprint density at radius 3 is 2.38 bits per heavy atom. The normalized spacial score (nSPS) is 11.5. The van der Waals surface area contributed by atoms with Crippen LogP contribution in [0.15, 0.2) is 30.3 Å². The second-order valence-electron chi connectivity index (χ2n) is 2.63. The molecule has 1 aromatic carbocycles. The van der Waals surface area contributed by atoms with Gasteiger partial charge < -0.3 is 10.8 Å². The molecular weight excluding hydrogens is 210 g/mol. The maximum Gasteiger partial charge on any atom is 0.320 e. The number of carboxylic acid groups (broad SMARTS) is 1. The Balaban J connectivity index is 0.00000144. The molecule has 0 saturated heterocycles. The van der Waals surface area contributed by atoms with Gasteiger partial charge in [0.15, 0.2) is 0 Å². The Kier molecular flexibility index (Phi) is 5.39. The first kappa shape index (κ1) is 12.2. The SMILES string of the molecule is N[C@@H](Cc1ccccc1)C(=O)O.[Fe]. The molecule has 72 valence electrons. The Morgan fingerprint density at radius 1 is 1.38 bits per heavy atom. The maximum absolute atomic E-state index is 10.4. The largest absolute Gasteiger partial charge is 0.480 e. The zero-order chi connectivity index (χ0) is 8.97. The molecule has 1 aromatic rings. The van der Waals surface area contributed by atoms with E-state index in [1.54, 1.807) is 0 Å². The molecule has 1 atom stereocenters. The minimum atomic E-state index is -0.959. The zero-order valence-corrected chi connectivity index (χ0v) is 8.06. The molecule has 0 amide bonds. The summed E-state index contributed by atoms with van der Waals surface area (Å²) < 4.78 is 0. The molecule has 0 bridgehead atoms. The number of hydrogen-bond donors (Lipinski definition) is 2. The van der Waals surface area contributed by atoms with Crippen molar-refractivity contribution in [2.45, 2.75) is 12.5 Å². The summed E-state index contributed by atoms with van der Waals surface area (Å²) in [6, 6.07) is 8.54. The van der Waals surface area contributed by atoms with Gasteiger partial charge in [-0.2, -0.15) is 0 Å². The Bertz CT molecular complexity index is 264. The third-order valence-electron chi connectivity index (χ3n) is 1.62. The number of aliphatic carboxylic acids is 1. The van der Waals surface area contributed by atoms with Crippen LogP contribution in [0.3, 0.4) is 0 Å². The third-order valence-corrected chi connectivity index (χ3v) is 1.62. The van der Waals surface area contributed by atoms with Crippen LogP contribution in [-0.4, -0.2) is 17.1 Å². The summed E-state index contributed by atoms with van der Waals surface area (Å²) in [4.78, 5) is 10.4. The van der Waals surface area contributed by atoms with E-state index in [9.17, 15) is 4.79 Å². The van der Waals surface area contributed by atoms with E-state index in [0.717, 1.165) is 5.56 Å². The molecule has 3 nitrogen and oxygen atoms in total. The van der Waals surface area contributed by atoms with Crippen LogP contribution in [0.25, 0.3) is 0 Å². The van der Waals surface area contributed by atoms with Gasteiger partial charge >= 0.3 is 5.97 Å². The predicted molar refractivity (Wildman–Crippen MR) is 45.8 cm³/mol. The van der Waals surface area contributed by atoms with Crippen LogP contribution in [0.4, 0.5) is 0 Å². The van der Waals surface area contributed by atoms with Crippen LogP contribution in [0.1, 0.15) is 5.56 Å². The standard InChI is InChI=1S/C9H11NO2.Fe/c10-8(9(11)12)6-7-4-2-1-3-5-7;/h1-5,8H,6,10H2,(H,11,12);/t8-;/m0./s1. The van der Waals surface area contributed by atoms with Crippen LogP contribution in [-0.2, 0) is 28.3 Å². The summed E-state index contributed by atoms with van der Waals surface area (Å²) in [6.45, 7) is 0. The average Bonchev–Trinajstić information content (AvgIpc) is 2.06. The van der Waals surface area contributed by atoms with Gasteiger partial charge in [0.2, 0.25) is 0 Å². The first-order chi connectivity index (χ1) is 5.70. The van der Waals surface area contributed by atoms with Crippen LogP contribution in [0.5, 0.6) is 0 Å². The predicted octanol–water partition coefficient (Wildman–Crippen LogP) is 0.639. The summed E-state index contributed by atoms with van der Waals surface area (Å²) in [5, 5.41) is 8.52. The Morgan fingerprint density at radius 2 is 1.92 bits per heavy atom. The number of rotatable bonds is 3. The molecule has 0 spiro atoms. The van der Waals surface area contributed by atoms with E-state index in [4.69, 9.17) is 10.8 Å². The van der Waals surface area contributed by atoms with E-state index in [1.165, 1.54) is 0 Å². The molecule has 0 aliphatic heterocycles. The molecule has 0 aliphatic carbocycles. The molecule has 4 heteroatoms. The molecule has 0 fully saturated rings. The number of carbonyl (C=O) groups is 1. The van der Waals surface area contributed by atoms with Gasteiger partial charge in [-0.25, -0.2) is 0 Å². The van der Waals surface area contributed by atoms with Crippen molar-refractivity contribution in [1.82, 2.24) is 0 Å². The minimum absolute atomic E-state index is 0. The van der Waals surface area contributed by atoms with Crippen molar-refractivity contribution in [2.24, 2.45) is 5.73 Å². The van der Waals surface area contributed by atoms with Gasteiger partial charge in [0.1, 0.15) is 6.04 Å². The molecule has 0 heterocycles. The monoisotopic (exact) mass is 221 g/mol. The molecule has 0 saturated carbocycles. The van der Waals surface area contributed by atoms with Crippen LogP contribution in [0.2, 0.25) is 0 Å². The second-order valence-corrected chi connectivity index (χ2v) is 2.63. The molecule has 3 N–H and O–H groups in total. The Labute approximate surface area is 87.4 Å². The first-order valence-corrected chi connectivity index (χ1v) is 3.72. The quantitative estimate of drug-likeness (QED) is 0.736. The van der Waals surface area contributed by atoms with Crippen molar-refractivity contribution in [3.63, 3.8) is 0 Å². The molecule has 0 unspecified atom stereocenters. The molecule has 0 radical (unpaired) electrons. The number of nitrogens with two attached hydrogens (primary N) is 1. The third kappa shape index (κ3) is 4.08. The number of carboxylic acids is 1. The zero-order valence-electron chi connectivity index (χ0n) is 6.96. The summed E-state index contributed by atoms with van der Waals surface area (Å²) in [5.41, 5.74) is 6.30. The van der Waals surface area contributed by atoms with Gasteiger partial charge in [-0.15, -0.1) is 0 Å². The van der Waals surface area contributed by atoms with Gasteiger partial charge in [0, 0.05) is 17.1 Å². The molecule has 0 aromatic heterocycles. The minimum Gasteiger partial charge on any atom is -0.480 e. The number of benzene rings is 1. The first-order valence-electron chi connectivity index (χ1n) is 3.72. The summed E-state index contributed by atoms with van der Waals surface area (Å²) in [6.07, 6.45) is 0.385. The van der Waals surface area contributed by atoms with Crippen molar-refractivity contribution in [1.29, 1.82) is 0 Å². The van der Waals surface area contributed by atoms with Crippen molar-refractivity contribution >= 4 is 5.97 Å². The maximum atomic E-state index is 10.4. The van der Waals surface area contributed by atoms with Gasteiger partial charge in [0.05, 0.1) is 0 Å². The van der Waals surface area contributed by atoms with E-state index in [0.29, 0.717) is 6.42 Å². The van der Waals surface area contributed by atoms with Gasteiger partial charge in [-0.3, -0.25) is 4.79 Å². The molecule has 13 heavy (non-hydrogen) atoms. The van der Waals surface area contributed by atoms with Gasteiger partial charge in [-0.05, 0) is 12.0 Å². The smallest absolute Gasteiger partial charge is 0.320 e. The van der Waals surface area contributed by atoms with Crippen molar-refractivity contribution in [3.8, 4) is 0 Å². The van der Waals surface area contributed by atoms with Gasteiger partial charge in [0.25, 0.3) is 0 Å². The Hall–Kier alpha value is -0.831. The van der Waals surface area contributed by atoms with Crippen molar-refractivity contribution < 1.29 is 27.0 Å². The van der Waals surface area contributed by atoms with Crippen LogP contribution >= 0.6 is 0 Å². The van der Waals surface area contributed by atoms with Crippen molar-refractivity contribution in [2.75, 3.05) is 0 Å². The summed E-state index contributed by atoms with van der Waals surface area (Å²) in [5.74, 6) is -0.959. The summed E-state index contributed by atoms with van der Waals surface area (Å²) >= 11 is 0. The fourth-order valence-electron chi connectivity index (χ4n) is 0.955. The van der Waals surface area contributed by atoms with E-state index < -0.39 is 12.0 Å². The fourth-order valence-corrected chi connectivity index (χ4v) is 0.955. The van der Waals surface area contributed by atoms with E-state index in [1.807, 2.05) is 30.3 Å². The molecular formula is C9H11FeNO2. The second kappa shape index (κ2) is 5.75. The van der Waals surface area contributed by atoms with Gasteiger partial charge in [-0.1, -0.05) is 30.3 Å². The van der Waals surface area contributed by atoms with Crippen molar-refractivity contribution in [3.05, 3.63) is 35.9 Å². The topological polar surface area (TPSA) is 63.3 Å². The fraction of sp³-hybridized carbons (Fsp3) is 0.222. The summed E-state index contributed by atoms with van der Waals surface area (Å²) in [7, 11) is 0. The van der Waals surface area contributed by atoms with E-state index in [2.05, 4.69) is 0 Å². The van der Waals surface area contributed by atoms with E-state index >= 15 is 0 Å². The van der Waals surface area contributed by atoms with E-state index in [-0.39, 0.29) is 17.1 Å². The van der Waals surface area contributed by atoms with Crippen LogP contribution < -0.4 is 5.73 Å². The van der Waals surface area contributed by atoms with Crippen LogP contribution in [0, 0.1) is 0 Å². The average molecular weight is 221 g/mol. The number of hydrogen-bond acceptors (Lipinski definition) is 2. The molecule has 0 aliphatic rings.